The van der Waals surface area contributed by atoms with E-state index in [-0.39, 0.29) is 6.61 Å². The van der Waals surface area contributed by atoms with Gasteiger partial charge in [-0.05, 0) is 7.05 Å². The Morgan fingerprint density at radius 1 is 1.88 bits per heavy atom. The van der Waals surface area contributed by atoms with Gasteiger partial charge in [0.05, 0.1) is 6.61 Å². The van der Waals surface area contributed by atoms with Crippen molar-refractivity contribution in [1.29, 1.82) is 0 Å². The molecule has 3 nitrogen and oxygen atoms in total. The lowest BCUT2D eigenvalue weighted by Crippen LogP contribution is -2.29. The number of aliphatic hydroxyl groups is 1. The Bertz CT molecular complexity index is 76.8. The number of hydrogen-bond acceptors (Lipinski definition) is 3. The molecular formula is C5H12N2O. The standard InChI is InChI=1S/C5H12N2O/c1-7-4-6-2-5(7)3-8/h5-6,8H,2-4H2,1H3. The number of aliphatic hydroxyl groups excluding tert-OH is 1. The van der Waals surface area contributed by atoms with Crippen molar-refractivity contribution in [2.24, 2.45) is 0 Å². The van der Waals surface area contributed by atoms with Gasteiger partial charge in [-0.3, -0.25) is 4.90 Å². The van der Waals surface area contributed by atoms with Gasteiger partial charge in [0, 0.05) is 19.3 Å². The summed E-state index contributed by atoms with van der Waals surface area (Å²) < 4.78 is 0. The number of likely N-dealkylation sites (N-methyl/N-ethyl adjacent to an activating group) is 1. The third-order valence-electron chi connectivity index (χ3n) is 1.58. The van der Waals surface area contributed by atoms with Crippen LogP contribution in [0.15, 0.2) is 0 Å². The van der Waals surface area contributed by atoms with Crippen molar-refractivity contribution in [3.63, 3.8) is 0 Å². The highest BCUT2D eigenvalue weighted by Crippen LogP contribution is 1.97. The molecule has 0 aromatic heterocycles. The first-order valence-corrected chi connectivity index (χ1v) is 2.86. The van der Waals surface area contributed by atoms with Gasteiger partial charge in [-0.15, -0.1) is 0 Å². The Balaban J connectivity index is 2.30. The third-order valence-corrected chi connectivity index (χ3v) is 1.58. The van der Waals surface area contributed by atoms with E-state index < -0.39 is 0 Å². The molecule has 0 bridgehead atoms. The van der Waals surface area contributed by atoms with Crippen molar-refractivity contribution in [2.75, 3.05) is 26.9 Å². The fraction of sp³-hybridized carbons (Fsp3) is 1.00. The van der Waals surface area contributed by atoms with Crippen molar-refractivity contribution in [1.82, 2.24) is 10.2 Å². The maximum absolute atomic E-state index is 8.65. The van der Waals surface area contributed by atoms with Crippen molar-refractivity contribution in [3.05, 3.63) is 0 Å². The molecule has 1 unspecified atom stereocenters. The molecule has 0 aromatic carbocycles. The van der Waals surface area contributed by atoms with Gasteiger partial charge in [-0.1, -0.05) is 0 Å². The average molecular weight is 116 g/mol. The van der Waals surface area contributed by atoms with Crippen LogP contribution in [0.5, 0.6) is 0 Å². The lowest BCUT2D eigenvalue weighted by Gasteiger charge is -2.13. The van der Waals surface area contributed by atoms with Gasteiger partial charge in [0.1, 0.15) is 0 Å². The minimum atomic E-state index is 0.267. The summed E-state index contributed by atoms with van der Waals surface area (Å²) in [5.74, 6) is 0. The molecule has 1 fully saturated rings. The Kier molecular flexibility index (Phi) is 1.83. The van der Waals surface area contributed by atoms with E-state index in [4.69, 9.17) is 5.11 Å². The average Bonchev–Trinajstić information content (AvgIpc) is 2.14. The first kappa shape index (κ1) is 6.01. The van der Waals surface area contributed by atoms with Crippen molar-refractivity contribution < 1.29 is 5.11 Å². The van der Waals surface area contributed by atoms with Gasteiger partial charge < -0.3 is 10.4 Å². The van der Waals surface area contributed by atoms with Crippen LogP contribution in [-0.2, 0) is 0 Å². The Morgan fingerprint density at radius 3 is 2.88 bits per heavy atom. The summed E-state index contributed by atoms with van der Waals surface area (Å²) in [5.41, 5.74) is 0. The number of hydrogen-bond donors (Lipinski definition) is 2. The molecule has 3 heteroatoms. The minimum Gasteiger partial charge on any atom is -0.395 e. The maximum Gasteiger partial charge on any atom is 0.0599 e. The SMILES string of the molecule is CN1CNCC1CO. The second-order valence-corrected chi connectivity index (χ2v) is 2.21. The molecule has 1 heterocycles. The number of nitrogens with zero attached hydrogens (tertiary/aromatic N) is 1. The molecule has 0 spiro atoms. The topological polar surface area (TPSA) is 35.5 Å². The van der Waals surface area contributed by atoms with E-state index in [1.807, 2.05) is 7.05 Å². The zero-order valence-corrected chi connectivity index (χ0v) is 5.09. The zero-order valence-electron chi connectivity index (χ0n) is 5.09. The molecule has 0 amide bonds. The molecule has 0 aliphatic carbocycles. The minimum absolute atomic E-state index is 0.267. The van der Waals surface area contributed by atoms with E-state index in [1.165, 1.54) is 0 Å². The lowest BCUT2D eigenvalue weighted by molar-refractivity contribution is 0.188. The second-order valence-electron chi connectivity index (χ2n) is 2.21. The van der Waals surface area contributed by atoms with Gasteiger partial charge >= 0.3 is 0 Å². The highest BCUT2D eigenvalue weighted by Gasteiger charge is 2.18. The lowest BCUT2D eigenvalue weighted by atomic mass is 10.3. The van der Waals surface area contributed by atoms with Crippen LogP contribution in [0.4, 0.5) is 0 Å². The smallest absolute Gasteiger partial charge is 0.0599 e. The summed E-state index contributed by atoms with van der Waals surface area (Å²) in [7, 11) is 2.00. The van der Waals surface area contributed by atoms with Crippen LogP contribution < -0.4 is 5.32 Å². The Hall–Kier alpha value is -0.120. The maximum atomic E-state index is 8.65. The van der Waals surface area contributed by atoms with Crippen LogP contribution in [0.1, 0.15) is 0 Å². The molecule has 1 aliphatic rings. The summed E-state index contributed by atoms with van der Waals surface area (Å²) in [4.78, 5) is 2.10. The number of nitrogens with one attached hydrogen (secondary N) is 1. The third kappa shape index (κ3) is 0.992. The normalized spacial score (nSPS) is 31.5. The predicted octanol–water partition coefficient (Wildman–Crippen LogP) is -1.16. The quantitative estimate of drug-likeness (QED) is 0.453. The van der Waals surface area contributed by atoms with Crippen molar-refractivity contribution >= 4 is 0 Å². The fourth-order valence-corrected chi connectivity index (χ4v) is 0.896. The zero-order chi connectivity index (χ0) is 5.98. The summed E-state index contributed by atoms with van der Waals surface area (Å²) in [5, 5.41) is 11.8. The van der Waals surface area contributed by atoms with E-state index >= 15 is 0 Å². The van der Waals surface area contributed by atoms with Crippen LogP contribution >= 0.6 is 0 Å². The van der Waals surface area contributed by atoms with Crippen LogP contribution in [0.2, 0.25) is 0 Å². The van der Waals surface area contributed by atoms with E-state index in [1.54, 1.807) is 0 Å². The number of rotatable bonds is 1. The fourth-order valence-electron chi connectivity index (χ4n) is 0.896. The Labute approximate surface area is 49.3 Å². The Morgan fingerprint density at radius 2 is 2.62 bits per heavy atom. The second kappa shape index (κ2) is 2.44. The highest BCUT2D eigenvalue weighted by atomic mass is 16.3. The van der Waals surface area contributed by atoms with Crippen molar-refractivity contribution in [3.8, 4) is 0 Å². The van der Waals surface area contributed by atoms with E-state index in [0.717, 1.165) is 13.2 Å². The monoisotopic (exact) mass is 116 g/mol. The molecule has 1 atom stereocenters. The molecular weight excluding hydrogens is 104 g/mol. The highest BCUT2D eigenvalue weighted by molar-refractivity contribution is 4.75. The van der Waals surface area contributed by atoms with Gasteiger partial charge in [0.25, 0.3) is 0 Å². The van der Waals surface area contributed by atoms with Gasteiger partial charge in [-0.2, -0.15) is 0 Å². The largest absolute Gasteiger partial charge is 0.395 e. The molecule has 0 radical (unpaired) electrons. The molecule has 2 N–H and O–H groups in total. The van der Waals surface area contributed by atoms with Crippen LogP contribution in [0.3, 0.4) is 0 Å². The molecule has 8 heavy (non-hydrogen) atoms. The van der Waals surface area contributed by atoms with Gasteiger partial charge in [0.15, 0.2) is 0 Å². The summed E-state index contributed by atoms with van der Waals surface area (Å²) in [6, 6.07) is 0.343. The van der Waals surface area contributed by atoms with E-state index in [9.17, 15) is 0 Å². The van der Waals surface area contributed by atoms with E-state index in [2.05, 4.69) is 10.2 Å². The first-order valence-electron chi connectivity index (χ1n) is 2.86. The molecule has 48 valence electrons. The van der Waals surface area contributed by atoms with Crippen LogP contribution in [0.25, 0.3) is 0 Å². The molecule has 0 saturated carbocycles. The summed E-state index contributed by atoms with van der Waals surface area (Å²) in [6.07, 6.45) is 0. The summed E-state index contributed by atoms with van der Waals surface area (Å²) >= 11 is 0. The molecule has 1 saturated heterocycles. The predicted molar refractivity (Wildman–Crippen MR) is 31.5 cm³/mol. The molecule has 1 aliphatic heterocycles. The van der Waals surface area contributed by atoms with Gasteiger partial charge in [-0.25, -0.2) is 0 Å². The summed E-state index contributed by atoms with van der Waals surface area (Å²) in [6.45, 7) is 2.10. The van der Waals surface area contributed by atoms with E-state index in [0.29, 0.717) is 6.04 Å². The van der Waals surface area contributed by atoms with Crippen LogP contribution in [0, 0.1) is 0 Å². The van der Waals surface area contributed by atoms with Gasteiger partial charge in [0.2, 0.25) is 0 Å². The first-order chi connectivity index (χ1) is 3.84. The van der Waals surface area contributed by atoms with Crippen LogP contribution in [-0.4, -0.2) is 42.9 Å². The molecule has 0 aromatic rings. The van der Waals surface area contributed by atoms with Crippen molar-refractivity contribution in [2.45, 2.75) is 6.04 Å². The molecule has 1 rings (SSSR count).